The van der Waals surface area contributed by atoms with E-state index < -0.39 is 0 Å². The molecule has 0 aliphatic heterocycles. The van der Waals surface area contributed by atoms with Gasteiger partial charge < -0.3 is 4.90 Å². The van der Waals surface area contributed by atoms with E-state index in [0.717, 1.165) is 12.3 Å². The van der Waals surface area contributed by atoms with Crippen molar-refractivity contribution >= 4 is 23.5 Å². The van der Waals surface area contributed by atoms with E-state index in [4.69, 9.17) is 0 Å². The van der Waals surface area contributed by atoms with Crippen molar-refractivity contribution in [3.8, 4) is 0 Å². The normalized spacial score (nSPS) is 12.5. The highest BCUT2D eigenvalue weighted by molar-refractivity contribution is 8.00. The van der Waals surface area contributed by atoms with Gasteiger partial charge in [0, 0.05) is 17.2 Å². The van der Waals surface area contributed by atoms with Crippen molar-refractivity contribution in [3.05, 3.63) is 65.7 Å². The van der Waals surface area contributed by atoms with Gasteiger partial charge in [0.2, 0.25) is 0 Å². The first kappa shape index (κ1) is 19.4. The molecule has 0 aromatic heterocycles. The van der Waals surface area contributed by atoms with Crippen molar-refractivity contribution in [1.82, 2.24) is 4.90 Å². The second kappa shape index (κ2) is 10.9. The molecule has 1 nitrogen and oxygen atoms in total. The minimum Gasteiger partial charge on any atom is -0.309 e. The lowest BCUT2D eigenvalue weighted by molar-refractivity contribution is 0.437. The summed E-state index contributed by atoms with van der Waals surface area (Å²) in [5.74, 6) is 2.35. The highest BCUT2D eigenvalue weighted by Crippen LogP contribution is 2.40. The molecular formula is C21H29NS2. The lowest BCUT2D eigenvalue weighted by atomic mass is 10.0. The predicted molar refractivity (Wildman–Crippen MR) is 111 cm³/mol. The van der Waals surface area contributed by atoms with Crippen LogP contribution < -0.4 is 0 Å². The summed E-state index contributed by atoms with van der Waals surface area (Å²) in [4.78, 5) is 3.70. The van der Waals surface area contributed by atoms with Gasteiger partial charge in [0.1, 0.15) is 0 Å². The summed E-state index contributed by atoms with van der Waals surface area (Å²) >= 11 is 4.07. The lowest BCUT2D eigenvalue weighted by Gasteiger charge is -2.21. The van der Waals surface area contributed by atoms with Crippen LogP contribution in [0.3, 0.4) is 0 Å². The number of nitrogens with zero attached hydrogens (tertiary/aromatic N) is 1. The van der Waals surface area contributed by atoms with E-state index in [0.29, 0.717) is 5.25 Å². The van der Waals surface area contributed by atoms with Gasteiger partial charge in [0.05, 0.1) is 5.25 Å². The second-order valence-electron chi connectivity index (χ2n) is 6.20. The molecule has 2 aromatic carbocycles. The Hall–Kier alpha value is -0.900. The number of unbranched alkanes of at least 4 members (excludes halogenated alkanes) is 1. The maximum Gasteiger partial charge on any atom is 0.0558 e. The van der Waals surface area contributed by atoms with Gasteiger partial charge in [-0.15, -0.1) is 23.5 Å². The molecule has 0 fully saturated rings. The first-order valence-corrected chi connectivity index (χ1v) is 10.8. The van der Waals surface area contributed by atoms with Gasteiger partial charge in [-0.05, 0) is 43.5 Å². The van der Waals surface area contributed by atoms with Crippen LogP contribution in [0.4, 0.5) is 0 Å². The molecule has 0 aliphatic rings. The molecule has 24 heavy (non-hydrogen) atoms. The topological polar surface area (TPSA) is 3.24 Å². The summed E-state index contributed by atoms with van der Waals surface area (Å²) in [5.41, 5.74) is 2.87. The van der Waals surface area contributed by atoms with E-state index in [1.165, 1.54) is 34.6 Å². The van der Waals surface area contributed by atoms with E-state index in [1.54, 1.807) is 0 Å². The number of rotatable bonds is 10. The summed E-state index contributed by atoms with van der Waals surface area (Å²) in [6, 6.07) is 19.9. The number of benzene rings is 2. The van der Waals surface area contributed by atoms with Crippen molar-refractivity contribution in [2.45, 2.75) is 29.9 Å². The van der Waals surface area contributed by atoms with Crippen molar-refractivity contribution in [1.29, 1.82) is 0 Å². The van der Waals surface area contributed by atoms with E-state index in [-0.39, 0.29) is 0 Å². The van der Waals surface area contributed by atoms with Gasteiger partial charge >= 0.3 is 0 Å². The molecule has 0 bridgehead atoms. The van der Waals surface area contributed by atoms with Crippen molar-refractivity contribution in [2.75, 3.05) is 32.1 Å². The SMILES string of the molecule is CCCCSc1ccccc1C(SCCN(C)C)c1ccccc1. The zero-order valence-electron chi connectivity index (χ0n) is 15.1. The maximum atomic E-state index is 2.31. The molecule has 1 unspecified atom stereocenters. The molecule has 1 atom stereocenters. The fourth-order valence-electron chi connectivity index (χ4n) is 2.50. The molecule has 0 aliphatic carbocycles. The van der Waals surface area contributed by atoms with Crippen LogP contribution in [0.2, 0.25) is 0 Å². The van der Waals surface area contributed by atoms with E-state index in [2.05, 4.69) is 92.3 Å². The summed E-state index contributed by atoms with van der Waals surface area (Å²) < 4.78 is 0. The molecular weight excluding hydrogens is 330 g/mol. The van der Waals surface area contributed by atoms with Gasteiger partial charge in [-0.3, -0.25) is 0 Å². The average molecular weight is 360 g/mol. The third kappa shape index (κ3) is 6.19. The van der Waals surface area contributed by atoms with E-state index in [1.807, 2.05) is 11.8 Å². The van der Waals surface area contributed by atoms with Crippen LogP contribution in [0.5, 0.6) is 0 Å². The summed E-state index contributed by atoms with van der Waals surface area (Å²) in [6.45, 7) is 3.37. The Labute approximate surface area is 156 Å². The first-order chi connectivity index (χ1) is 11.7. The minimum atomic E-state index is 0.413. The van der Waals surface area contributed by atoms with Crippen molar-refractivity contribution in [2.24, 2.45) is 0 Å². The maximum absolute atomic E-state index is 2.31. The Kier molecular flexibility index (Phi) is 8.79. The molecule has 0 spiro atoms. The van der Waals surface area contributed by atoms with Crippen LogP contribution in [-0.2, 0) is 0 Å². The molecule has 0 N–H and O–H groups in total. The van der Waals surface area contributed by atoms with Crippen molar-refractivity contribution < 1.29 is 0 Å². The third-order valence-corrected chi connectivity index (χ3v) is 6.34. The quantitative estimate of drug-likeness (QED) is 0.380. The molecule has 0 saturated carbocycles. The molecule has 3 heteroatoms. The summed E-state index contributed by atoms with van der Waals surface area (Å²) in [6.07, 6.45) is 2.54. The lowest BCUT2D eigenvalue weighted by Crippen LogP contribution is -2.15. The predicted octanol–water partition coefficient (Wildman–Crippen LogP) is 5.96. The minimum absolute atomic E-state index is 0.413. The second-order valence-corrected chi connectivity index (χ2v) is 8.55. The zero-order chi connectivity index (χ0) is 17.2. The zero-order valence-corrected chi connectivity index (χ0v) is 16.7. The highest BCUT2D eigenvalue weighted by Gasteiger charge is 2.18. The number of hydrogen-bond donors (Lipinski definition) is 0. The molecule has 0 radical (unpaired) electrons. The molecule has 2 aromatic rings. The largest absolute Gasteiger partial charge is 0.309 e. The van der Waals surface area contributed by atoms with Crippen molar-refractivity contribution in [3.63, 3.8) is 0 Å². The average Bonchev–Trinajstić information content (AvgIpc) is 2.60. The van der Waals surface area contributed by atoms with E-state index in [9.17, 15) is 0 Å². The fourth-order valence-corrected chi connectivity index (χ4v) is 5.20. The summed E-state index contributed by atoms with van der Waals surface area (Å²) in [5, 5.41) is 0.413. The van der Waals surface area contributed by atoms with Crippen LogP contribution in [0.25, 0.3) is 0 Å². The van der Waals surface area contributed by atoms with Gasteiger partial charge in [-0.25, -0.2) is 0 Å². The Morgan fingerprint density at radius 3 is 2.33 bits per heavy atom. The van der Waals surface area contributed by atoms with Crippen LogP contribution in [0, 0.1) is 0 Å². The van der Waals surface area contributed by atoms with Gasteiger partial charge in [0.15, 0.2) is 0 Å². The first-order valence-electron chi connectivity index (χ1n) is 8.75. The molecule has 0 heterocycles. The summed E-state index contributed by atoms with van der Waals surface area (Å²) in [7, 11) is 4.29. The number of hydrogen-bond acceptors (Lipinski definition) is 3. The van der Waals surface area contributed by atoms with Gasteiger partial charge in [0.25, 0.3) is 0 Å². The van der Waals surface area contributed by atoms with Crippen LogP contribution >= 0.6 is 23.5 Å². The van der Waals surface area contributed by atoms with E-state index >= 15 is 0 Å². The van der Waals surface area contributed by atoms with Gasteiger partial charge in [-0.2, -0.15) is 0 Å². The standard InChI is InChI=1S/C21H29NS2/c1-4-5-16-23-20-14-10-9-13-19(20)21(24-17-15-22(2)3)18-11-7-6-8-12-18/h6-14,21H,4-5,15-17H2,1-3H3. The van der Waals surface area contributed by atoms with Crippen LogP contribution in [0.15, 0.2) is 59.5 Å². The fraction of sp³-hybridized carbons (Fsp3) is 0.429. The molecule has 0 saturated heterocycles. The molecule has 2 rings (SSSR count). The Morgan fingerprint density at radius 2 is 1.62 bits per heavy atom. The van der Waals surface area contributed by atoms with Crippen LogP contribution in [-0.4, -0.2) is 37.0 Å². The molecule has 0 amide bonds. The molecule has 130 valence electrons. The Bertz CT molecular complexity index is 583. The Morgan fingerprint density at radius 1 is 0.917 bits per heavy atom. The smallest absolute Gasteiger partial charge is 0.0558 e. The van der Waals surface area contributed by atoms with Gasteiger partial charge in [-0.1, -0.05) is 61.9 Å². The third-order valence-electron chi connectivity index (χ3n) is 3.88. The van der Waals surface area contributed by atoms with Crippen LogP contribution in [0.1, 0.15) is 36.1 Å². The monoisotopic (exact) mass is 359 g/mol. The number of thioether (sulfide) groups is 2. The highest BCUT2D eigenvalue weighted by atomic mass is 32.2. The Balaban J connectivity index is 2.22.